The van der Waals surface area contributed by atoms with Gasteiger partial charge in [-0.3, -0.25) is 14.6 Å². The topological polar surface area (TPSA) is 120 Å². The number of methoxy groups -OCH3 is 1. The van der Waals surface area contributed by atoms with E-state index < -0.39 is 5.69 Å². The van der Waals surface area contributed by atoms with Crippen molar-refractivity contribution >= 4 is 11.8 Å². The Morgan fingerprint density at radius 3 is 2.78 bits per heavy atom. The van der Waals surface area contributed by atoms with Crippen molar-refractivity contribution in [2.75, 3.05) is 20.2 Å². The van der Waals surface area contributed by atoms with E-state index in [2.05, 4.69) is 20.5 Å². The van der Waals surface area contributed by atoms with E-state index >= 15 is 0 Å². The molecule has 1 atom stereocenters. The van der Waals surface area contributed by atoms with Crippen molar-refractivity contribution in [3.8, 4) is 5.75 Å². The molecule has 0 bridgehead atoms. The number of hydrogen-bond donors (Lipinski definition) is 3. The maximum absolute atomic E-state index is 12.4. The Hall–Kier alpha value is -3.10. The lowest BCUT2D eigenvalue weighted by molar-refractivity contribution is -0.138. The van der Waals surface area contributed by atoms with Crippen molar-refractivity contribution < 1.29 is 14.3 Å². The minimum absolute atomic E-state index is 0.0733. The second-order valence-electron chi connectivity index (χ2n) is 6.52. The van der Waals surface area contributed by atoms with Gasteiger partial charge >= 0.3 is 5.69 Å². The fraction of sp³-hybridized carbons (Fsp3) is 0.444. The van der Waals surface area contributed by atoms with Crippen LogP contribution in [0.15, 0.2) is 29.1 Å². The fourth-order valence-corrected chi connectivity index (χ4v) is 3.11. The summed E-state index contributed by atoms with van der Waals surface area (Å²) >= 11 is 0. The number of aromatic amines is 2. The van der Waals surface area contributed by atoms with Gasteiger partial charge in [0, 0.05) is 19.5 Å². The van der Waals surface area contributed by atoms with E-state index in [9.17, 15) is 14.4 Å². The van der Waals surface area contributed by atoms with Crippen molar-refractivity contribution in [2.24, 2.45) is 5.92 Å². The molecule has 0 saturated carbocycles. The zero-order valence-electron chi connectivity index (χ0n) is 15.2. The Labute approximate surface area is 156 Å². The van der Waals surface area contributed by atoms with Gasteiger partial charge in [-0.05, 0) is 30.5 Å². The zero-order chi connectivity index (χ0) is 19.2. The summed E-state index contributed by atoms with van der Waals surface area (Å²) in [6.07, 6.45) is 1.61. The average molecular weight is 373 g/mol. The number of likely N-dealkylation sites (tertiary alicyclic amines) is 1. The van der Waals surface area contributed by atoms with Crippen molar-refractivity contribution in [3.63, 3.8) is 0 Å². The van der Waals surface area contributed by atoms with Gasteiger partial charge in [-0.1, -0.05) is 12.1 Å². The fourth-order valence-electron chi connectivity index (χ4n) is 3.11. The minimum Gasteiger partial charge on any atom is -0.497 e. The van der Waals surface area contributed by atoms with Crippen LogP contribution in [0.1, 0.15) is 24.2 Å². The summed E-state index contributed by atoms with van der Waals surface area (Å²) in [4.78, 5) is 39.8. The quantitative estimate of drug-likeness (QED) is 0.641. The SMILES string of the molecule is COc1ccc(CCN2CC(C(=O)NCc3n[nH]c(=O)[nH]3)CCC2=O)cc1. The van der Waals surface area contributed by atoms with Gasteiger partial charge in [0.15, 0.2) is 0 Å². The number of ether oxygens (including phenoxy) is 1. The molecule has 9 heteroatoms. The lowest BCUT2D eigenvalue weighted by Crippen LogP contribution is -2.46. The number of H-pyrrole nitrogens is 2. The summed E-state index contributed by atoms with van der Waals surface area (Å²) in [6.45, 7) is 1.12. The van der Waals surface area contributed by atoms with Crippen LogP contribution in [0.4, 0.5) is 0 Å². The molecule has 0 aliphatic carbocycles. The molecule has 2 heterocycles. The summed E-state index contributed by atoms with van der Waals surface area (Å²) in [5, 5.41) is 8.77. The van der Waals surface area contributed by atoms with E-state index in [0.29, 0.717) is 31.8 Å². The molecular formula is C18H23N5O4. The van der Waals surface area contributed by atoms with Crippen LogP contribution in [-0.2, 0) is 22.6 Å². The number of rotatable bonds is 7. The number of amides is 2. The van der Waals surface area contributed by atoms with E-state index in [1.165, 1.54) is 0 Å². The molecule has 1 unspecified atom stereocenters. The Morgan fingerprint density at radius 1 is 1.33 bits per heavy atom. The largest absolute Gasteiger partial charge is 0.497 e. The molecule has 27 heavy (non-hydrogen) atoms. The van der Waals surface area contributed by atoms with Crippen molar-refractivity contribution in [2.45, 2.75) is 25.8 Å². The highest BCUT2D eigenvalue weighted by Gasteiger charge is 2.29. The highest BCUT2D eigenvalue weighted by atomic mass is 16.5. The Morgan fingerprint density at radius 2 is 2.11 bits per heavy atom. The standard InChI is InChI=1S/C18H23N5O4/c1-27-14-5-2-12(3-6-14)8-9-23-11-13(4-7-16(23)24)17(25)19-10-15-20-18(26)22-21-15/h2-3,5-6,13H,4,7-11H2,1H3,(H,19,25)(H2,20,21,22,26). The number of aromatic nitrogens is 3. The number of benzene rings is 1. The van der Waals surface area contributed by atoms with Gasteiger partial charge in [-0.2, -0.15) is 5.10 Å². The molecule has 3 N–H and O–H groups in total. The van der Waals surface area contributed by atoms with E-state index in [4.69, 9.17) is 4.74 Å². The van der Waals surface area contributed by atoms with Crippen LogP contribution in [0.5, 0.6) is 5.75 Å². The molecule has 3 rings (SSSR count). The summed E-state index contributed by atoms with van der Waals surface area (Å²) in [6, 6.07) is 7.73. The predicted octanol–water partition coefficient (Wildman–Crippen LogP) is 0.204. The summed E-state index contributed by atoms with van der Waals surface area (Å²) in [5.74, 6) is 0.841. The molecule has 0 radical (unpaired) electrons. The van der Waals surface area contributed by atoms with Crippen LogP contribution < -0.4 is 15.7 Å². The van der Waals surface area contributed by atoms with E-state index in [0.717, 1.165) is 17.7 Å². The maximum Gasteiger partial charge on any atom is 0.340 e. The van der Waals surface area contributed by atoms with Gasteiger partial charge in [0.25, 0.3) is 0 Å². The Balaban J connectivity index is 1.50. The number of nitrogens with zero attached hydrogens (tertiary/aromatic N) is 2. The average Bonchev–Trinajstić information content (AvgIpc) is 3.11. The van der Waals surface area contributed by atoms with Gasteiger partial charge in [0.05, 0.1) is 19.6 Å². The monoisotopic (exact) mass is 373 g/mol. The van der Waals surface area contributed by atoms with Crippen molar-refractivity contribution in [1.29, 1.82) is 0 Å². The summed E-state index contributed by atoms with van der Waals surface area (Å²) in [5.41, 5.74) is 0.699. The second kappa shape index (κ2) is 8.52. The number of hydrogen-bond acceptors (Lipinski definition) is 5. The van der Waals surface area contributed by atoms with Gasteiger partial charge in [-0.15, -0.1) is 0 Å². The maximum atomic E-state index is 12.4. The van der Waals surface area contributed by atoms with Gasteiger partial charge in [0.2, 0.25) is 11.8 Å². The van der Waals surface area contributed by atoms with Crippen LogP contribution in [0.25, 0.3) is 0 Å². The number of carbonyl (C=O) groups is 2. The van der Waals surface area contributed by atoms with Crippen LogP contribution in [0, 0.1) is 5.92 Å². The molecular weight excluding hydrogens is 350 g/mol. The zero-order valence-corrected chi connectivity index (χ0v) is 15.2. The minimum atomic E-state index is -0.410. The molecule has 2 amide bonds. The molecule has 1 aromatic carbocycles. The van der Waals surface area contributed by atoms with E-state index in [-0.39, 0.29) is 24.3 Å². The molecule has 1 saturated heterocycles. The van der Waals surface area contributed by atoms with Crippen LogP contribution in [0.2, 0.25) is 0 Å². The van der Waals surface area contributed by atoms with Gasteiger partial charge in [-0.25, -0.2) is 9.89 Å². The van der Waals surface area contributed by atoms with Gasteiger partial charge < -0.3 is 15.0 Å². The van der Waals surface area contributed by atoms with Crippen molar-refractivity contribution in [1.82, 2.24) is 25.4 Å². The molecule has 2 aromatic rings. The predicted molar refractivity (Wildman–Crippen MR) is 97.1 cm³/mol. The second-order valence-corrected chi connectivity index (χ2v) is 6.52. The van der Waals surface area contributed by atoms with Crippen LogP contribution >= 0.6 is 0 Å². The number of nitrogens with one attached hydrogen (secondary N) is 3. The first kappa shape index (κ1) is 18.7. The summed E-state index contributed by atoms with van der Waals surface area (Å²) < 4.78 is 5.14. The summed E-state index contributed by atoms with van der Waals surface area (Å²) in [7, 11) is 1.62. The molecule has 0 spiro atoms. The first-order valence-corrected chi connectivity index (χ1v) is 8.87. The van der Waals surface area contributed by atoms with Crippen LogP contribution in [-0.4, -0.2) is 52.1 Å². The number of piperidine rings is 1. The third-order valence-corrected chi connectivity index (χ3v) is 4.68. The van der Waals surface area contributed by atoms with Gasteiger partial charge in [0.1, 0.15) is 11.6 Å². The highest BCUT2D eigenvalue weighted by molar-refractivity contribution is 5.83. The third kappa shape index (κ3) is 4.96. The Bertz CT molecular complexity index is 842. The lowest BCUT2D eigenvalue weighted by atomic mass is 9.96. The molecule has 1 aromatic heterocycles. The molecule has 1 fully saturated rings. The Kier molecular flexibility index (Phi) is 5.90. The van der Waals surface area contributed by atoms with E-state index in [1.807, 2.05) is 24.3 Å². The smallest absolute Gasteiger partial charge is 0.340 e. The first-order valence-electron chi connectivity index (χ1n) is 8.87. The molecule has 9 nitrogen and oxygen atoms in total. The first-order chi connectivity index (χ1) is 13.0. The molecule has 1 aliphatic rings. The number of carbonyl (C=O) groups excluding carboxylic acids is 2. The van der Waals surface area contributed by atoms with Crippen LogP contribution in [0.3, 0.4) is 0 Å². The van der Waals surface area contributed by atoms with Crippen molar-refractivity contribution in [3.05, 3.63) is 46.1 Å². The highest BCUT2D eigenvalue weighted by Crippen LogP contribution is 2.19. The third-order valence-electron chi connectivity index (χ3n) is 4.68. The molecule has 1 aliphatic heterocycles. The normalized spacial score (nSPS) is 17.0. The van der Waals surface area contributed by atoms with E-state index in [1.54, 1.807) is 12.0 Å². The lowest BCUT2D eigenvalue weighted by Gasteiger charge is -2.32. The molecule has 144 valence electrons.